The number of carbonyl (C=O) groups excluding carboxylic acids is 1. The molecular weight excluding hydrogens is 254 g/mol. The lowest BCUT2D eigenvalue weighted by atomic mass is 10.1. The summed E-state index contributed by atoms with van der Waals surface area (Å²) in [6, 6.07) is 1.62. The number of thiophene rings is 1. The molecule has 1 aromatic rings. The van der Waals surface area contributed by atoms with Gasteiger partial charge >= 0.3 is 5.97 Å². The van der Waals surface area contributed by atoms with E-state index in [2.05, 4.69) is 5.32 Å². The van der Waals surface area contributed by atoms with Crippen LogP contribution in [0.5, 0.6) is 5.75 Å². The van der Waals surface area contributed by atoms with E-state index in [1.807, 2.05) is 20.8 Å². The summed E-state index contributed by atoms with van der Waals surface area (Å²) in [6.07, 6.45) is 0. The molecule has 1 heterocycles. The summed E-state index contributed by atoms with van der Waals surface area (Å²) in [5.74, 6) is -1.07. The third-order valence-corrected chi connectivity index (χ3v) is 2.91. The Bertz CT molecular complexity index is 459. The summed E-state index contributed by atoms with van der Waals surface area (Å²) < 4.78 is 5.24. The Balaban J connectivity index is 2.64. The second-order valence-corrected chi connectivity index (χ2v) is 6.20. The number of carboxylic acids is 1. The summed E-state index contributed by atoms with van der Waals surface area (Å²) in [4.78, 5) is 23.4. The van der Waals surface area contributed by atoms with Gasteiger partial charge in [0.05, 0.1) is 0 Å². The van der Waals surface area contributed by atoms with Crippen LogP contribution in [0.2, 0.25) is 0 Å². The van der Waals surface area contributed by atoms with Crippen LogP contribution in [-0.4, -0.2) is 29.1 Å². The van der Waals surface area contributed by atoms with Gasteiger partial charge < -0.3 is 15.2 Å². The molecule has 1 rings (SSSR count). The minimum atomic E-state index is -1.04. The summed E-state index contributed by atoms with van der Waals surface area (Å²) in [5, 5.41) is 11.7. The van der Waals surface area contributed by atoms with Crippen LogP contribution >= 0.6 is 11.3 Å². The molecule has 0 saturated heterocycles. The Hall–Kier alpha value is -1.56. The van der Waals surface area contributed by atoms with Gasteiger partial charge in [-0.25, -0.2) is 4.79 Å². The summed E-state index contributed by atoms with van der Waals surface area (Å²) in [7, 11) is 0. The average molecular weight is 271 g/mol. The van der Waals surface area contributed by atoms with Gasteiger partial charge in [0.1, 0.15) is 5.75 Å². The fourth-order valence-corrected chi connectivity index (χ4v) is 2.14. The summed E-state index contributed by atoms with van der Waals surface area (Å²) in [5.41, 5.74) is -0.333. The molecule has 6 heteroatoms. The quantitative estimate of drug-likeness (QED) is 0.878. The number of rotatable bonds is 4. The first-order valence-electron chi connectivity index (χ1n) is 5.46. The molecule has 0 unspecified atom stereocenters. The number of aryl methyl sites for hydroxylation is 1. The van der Waals surface area contributed by atoms with Crippen LogP contribution < -0.4 is 10.1 Å². The fourth-order valence-electron chi connectivity index (χ4n) is 1.34. The highest BCUT2D eigenvalue weighted by Crippen LogP contribution is 2.28. The van der Waals surface area contributed by atoms with Crippen LogP contribution in [-0.2, 0) is 4.79 Å². The molecule has 0 aliphatic heterocycles. The van der Waals surface area contributed by atoms with Crippen molar-refractivity contribution in [2.24, 2.45) is 0 Å². The predicted octanol–water partition coefficient (Wildman–Crippen LogP) is 2.05. The lowest BCUT2D eigenvalue weighted by Crippen LogP contribution is -2.43. The first-order valence-corrected chi connectivity index (χ1v) is 6.28. The van der Waals surface area contributed by atoms with E-state index in [4.69, 9.17) is 9.84 Å². The van der Waals surface area contributed by atoms with Crippen LogP contribution in [0.3, 0.4) is 0 Å². The minimum Gasteiger partial charge on any atom is -0.482 e. The molecule has 0 aromatic carbocycles. The van der Waals surface area contributed by atoms with Crippen molar-refractivity contribution in [3.63, 3.8) is 0 Å². The average Bonchev–Trinajstić information content (AvgIpc) is 2.54. The Morgan fingerprint density at radius 3 is 2.56 bits per heavy atom. The van der Waals surface area contributed by atoms with Crippen molar-refractivity contribution < 1.29 is 19.4 Å². The Morgan fingerprint density at radius 2 is 2.06 bits per heavy atom. The second kappa shape index (κ2) is 5.39. The topological polar surface area (TPSA) is 75.6 Å². The zero-order valence-corrected chi connectivity index (χ0v) is 11.7. The lowest BCUT2D eigenvalue weighted by Gasteiger charge is -2.20. The highest BCUT2D eigenvalue weighted by Gasteiger charge is 2.18. The van der Waals surface area contributed by atoms with Gasteiger partial charge in [0.15, 0.2) is 11.5 Å². The van der Waals surface area contributed by atoms with Crippen molar-refractivity contribution in [2.75, 3.05) is 6.61 Å². The second-order valence-electron chi connectivity index (χ2n) is 4.94. The smallest absolute Gasteiger partial charge is 0.349 e. The number of carboxylic acid groups (broad SMARTS) is 1. The van der Waals surface area contributed by atoms with Crippen LogP contribution in [0.25, 0.3) is 0 Å². The van der Waals surface area contributed by atoms with E-state index in [0.29, 0.717) is 0 Å². The first kappa shape index (κ1) is 14.5. The lowest BCUT2D eigenvalue weighted by molar-refractivity contribution is -0.124. The molecule has 100 valence electrons. The predicted molar refractivity (Wildman–Crippen MR) is 69.4 cm³/mol. The minimum absolute atomic E-state index is 0.121. The zero-order valence-electron chi connectivity index (χ0n) is 10.9. The number of nitrogens with one attached hydrogen (secondary N) is 1. The van der Waals surface area contributed by atoms with Crippen molar-refractivity contribution in [1.82, 2.24) is 5.32 Å². The highest BCUT2D eigenvalue weighted by molar-refractivity contribution is 7.14. The van der Waals surface area contributed by atoms with E-state index < -0.39 is 5.97 Å². The maximum atomic E-state index is 11.5. The van der Waals surface area contributed by atoms with Crippen LogP contribution in [0.1, 0.15) is 35.3 Å². The number of amides is 1. The van der Waals surface area contributed by atoms with Crippen LogP contribution in [0.4, 0.5) is 0 Å². The Labute approximate surface area is 110 Å². The Morgan fingerprint density at radius 1 is 1.44 bits per heavy atom. The van der Waals surface area contributed by atoms with E-state index in [0.717, 1.165) is 16.2 Å². The van der Waals surface area contributed by atoms with E-state index in [1.165, 1.54) is 0 Å². The zero-order chi connectivity index (χ0) is 13.9. The molecule has 0 radical (unpaired) electrons. The molecule has 18 heavy (non-hydrogen) atoms. The number of hydrogen-bond donors (Lipinski definition) is 2. The van der Waals surface area contributed by atoms with Crippen molar-refractivity contribution >= 4 is 23.2 Å². The number of ether oxygens (including phenoxy) is 1. The number of hydrogen-bond acceptors (Lipinski definition) is 4. The van der Waals surface area contributed by atoms with Gasteiger partial charge in [0.25, 0.3) is 5.91 Å². The number of carbonyl (C=O) groups is 2. The van der Waals surface area contributed by atoms with Gasteiger partial charge in [-0.15, -0.1) is 11.3 Å². The first-order chi connectivity index (χ1) is 8.19. The molecule has 1 aromatic heterocycles. The maximum absolute atomic E-state index is 11.5. The van der Waals surface area contributed by atoms with Crippen molar-refractivity contribution in [2.45, 2.75) is 33.2 Å². The van der Waals surface area contributed by atoms with Gasteiger partial charge in [-0.05, 0) is 33.8 Å². The molecule has 0 spiro atoms. The molecule has 2 N–H and O–H groups in total. The molecule has 0 bridgehead atoms. The molecule has 0 atom stereocenters. The molecule has 1 amide bonds. The van der Waals surface area contributed by atoms with Gasteiger partial charge in [0.2, 0.25) is 0 Å². The van der Waals surface area contributed by atoms with E-state index in [-0.39, 0.29) is 28.7 Å². The normalized spacial score (nSPS) is 11.1. The monoisotopic (exact) mass is 271 g/mol. The van der Waals surface area contributed by atoms with Gasteiger partial charge in [0, 0.05) is 10.4 Å². The van der Waals surface area contributed by atoms with Crippen LogP contribution in [0, 0.1) is 6.92 Å². The molecule has 5 nitrogen and oxygen atoms in total. The largest absolute Gasteiger partial charge is 0.482 e. The van der Waals surface area contributed by atoms with E-state index in [9.17, 15) is 9.59 Å². The van der Waals surface area contributed by atoms with Crippen molar-refractivity contribution in [3.05, 3.63) is 15.8 Å². The standard InChI is InChI=1S/C12H17NO4S/c1-7-5-8(10(18-7)11(15)16)17-6-9(14)13-12(2,3)4/h5H,6H2,1-4H3,(H,13,14)(H,15,16). The molecule has 0 aliphatic carbocycles. The van der Waals surface area contributed by atoms with Gasteiger partial charge in [-0.1, -0.05) is 0 Å². The van der Waals surface area contributed by atoms with Crippen molar-refractivity contribution in [1.29, 1.82) is 0 Å². The fraction of sp³-hybridized carbons (Fsp3) is 0.500. The summed E-state index contributed by atoms with van der Waals surface area (Å²) >= 11 is 1.13. The molecular formula is C12H17NO4S. The molecule has 0 fully saturated rings. The SMILES string of the molecule is Cc1cc(OCC(=O)NC(C)(C)C)c(C(=O)O)s1. The van der Waals surface area contributed by atoms with Crippen molar-refractivity contribution in [3.8, 4) is 5.75 Å². The molecule has 0 aliphatic rings. The van der Waals surface area contributed by atoms with E-state index in [1.54, 1.807) is 13.0 Å². The Kier molecular flexibility index (Phi) is 4.34. The number of aromatic carboxylic acids is 1. The van der Waals surface area contributed by atoms with Gasteiger partial charge in [-0.3, -0.25) is 4.79 Å². The third kappa shape index (κ3) is 4.37. The van der Waals surface area contributed by atoms with Crippen LogP contribution in [0.15, 0.2) is 6.07 Å². The molecule has 0 saturated carbocycles. The maximum Gasteiger partial charge on any atom is 0.349 e. The van der Waals surface area contributed by atoms with Gasteiger partial charge in [-0.2, -0.15) is 0 Å². The van der Waals surface area contributed by atoms with E-state index >= 15 is 0 Å². The summed E-state index contributed by atoms with van der Waals surface area (Å²) in [6.45, 7) is 7.19. The third-order valence-electron chi connectivity index (χ3n) is 1.89. The highest BCUT2D eigenvalue weighted by atomic mass is 32.1.